The average Bonchev–Trinajstić information content (AvgIpc) is 2.42. The monoisotopic (exact) mass is 250 g/mol. The third kappa shape index (κ3) is 3.20. The van der Waals surface area contributed by atoms with E-state index < -0.39 is 0 Å². The number of pyridine rings is 1. The first-order chi connectivity index (χ1) is 8.81. The summed E-state index contributed by atoms with van der Waals surface area (Å²) in [5, 5.41) is 11.1. The van der Waals surface area contributed by atoms with E-state index in [1.165, 1.54) is 6.42 Å². The van der Waals surface area contributed by atoms with Crippen molar-refractivity contribution in [2.45, 2.75) is 25.7 Å². The van der Waals surface area contributed by atoms with Crippen LogP contribution in [0, 0.1) is 0 Å². The molecule has 2 N–H and O–H groups in total. The number of nitrogens with one attached hydrogen (secondary N) is 1. The summed E-state index contributed by atoms with van der Waals surface area (Å²) < 4.78 is 5.53. The Morgan fingerprint density at radius 2 is 2.28 bits per heavy atom. The number of amides is 1. The lowest BCUT2D eigenvalue weighted by atomic mass is 9.95. The van der Waals surface area contributed by atoms with E-state index in [-0.39, 0.29) is 25.7 Å². The molecule has 0 unspecified atom stereocenters. The van der Waals surface area contributed by atoms with Gasteiger partial charge in [0, 0.05) is 24.0 Å². The number of nitrogens with zero attached hydrogens (tertiary/aromatic N) is 1. The minimum absolute atomic E-state index is 0.0174. The molecule has 0 fully saturated rings. The molecule has 0 spiro atoms. The number of ether oxygens (including phenoxy) is 1. The Morgan fingerprint density at radius 3 is 3.11 bits per heavy atom. The molecule has 0 saturated heterocycles. The summed E-state index contributed by atoms with van der Waals surface area (Å²) >= 11 is 0. The number of carbonyl (C=O) groups excluding carboxylic acids is 1. The van der Waals surface area contributed by atoms with Gasteiger partial charge < -0.3 is 15.2 Å². The van der Waals surface area contributed by atoms with Crippen molar-refractivity contribution in [2.24, 2.45) is 0 Å². The Kier molecular flexibility index (Phi) is 4.52. The van der Waals surface area contributed by atoms with Gasteiger partial charge in [-0.15, -0.1) is 0 Å². The second-order valence-corrected chi connectivity index (χ2v) is 4.30. The van der Waals surface area contributed by atoms with Crippen molar-refractivity contribution in [1.29, 1.82) is 0 Å². The van der Waals surface area contributed by atoms with Gasteiger partial charge in [-0.2, -0.15) is 0 Å². The third-order valence-corrected chi connectivity index (χ3v) is 2.99. The zero-order valence-corrected chi connectivity index (χ0v) is 10.3. The second kappa shape index (κ2) is 6.35. The predicted octanol–water partition coefficient (Wildman–Crippen LogP) is 0.448. The van der Waals surface area contributed by atoms with Crippen LogP contribution in [0.25, 0.3) is 0 Å². The van der Waals surface area contributed by atoms with Crippen molar-refractivity contribution in [1.82, 2.24) is 10.3 Å². The van der Waals surface area contributed by atoms with Crippen LogP contribution < -0.4 is 10.1 Å². The fourth-order valence-corrected chi connectivity index (χ4v) is 2.12. The number of aryl methyl sites for hydroxylation is 1. The number of aromatic nitrogens is 1. The Morgan fingerprint density at radius 1 is 1.44 bits per heavy atom. The van der Waals surface area contributed by atoms with Crippen molar-refractivity contribution in [3.63, 3.8) is 0 Å². The molecule has 0 atom stereocenters. The van der Waals surface area contributed by atoms with E-state index in [4.69, 9.17) is 9.84 Å². The molecule has 1 heterocycles. The number of hydrogen-bond donors (Lipinski definition) is 2. The summed E-state index contributed by atoms with van der Waals surface area (Å²) in [7, 11) is 0. The average molecular weight is 250 g/mol. The highest BCUT2D eigenvalue weighted by Gasteiger charge is 2.15. The zero-order valence-electron chi connectivity index (χ0n) is 10.3. The lowest BCUT2D eigenvalue weighted by Crippen LogP contribution is -2.31. The molecule has 98 valence electrons. The summed E-state index contributed by atoms with van der Waals surface area (Å²) in [5.74, 6) is 0.546. The lowest BCUT2D eigenvalue weighted by molar-refractivity contribution is -0.123. The highest BCUT2D eigenvalue weighted by Crippen LogP contribution is 2.27. The van der Waals surface area contributed by atoms with E-state index in [2.05, 4.69) is 10.3 Å². The highest BCUT2D eigenvalue weighted by molar-refractivity contribution is 5.77. The van der Waals surface area contributed by atoms with Gasteiger partial charge in [0.1, 0.15) is 5.75 Å². The number of hydrogen-bond acceptors (Lipinski definition) is 4. The summed E-state index contributed by atoms with van der Waals surface area (Å²) in [4.78, 5) is 15.7. The number of fused-ring (bicyclic) bond motifs is 1. The summed E-state index contributed by atoms with van der Waals surface area (Å²) in [6.45, 7) is 0.184. The standard InChI is InChI=1S/C13H18N2O3/c16-8-7-15-13(17)9-18-12-5-6-14-11-4-2-1-3-10(11)12/h5-6,16H,1-4,7-9H2,(H,15,17). The minimum Gasteiger partial charge on any atom is -0.483 e. The van der Waals surface area contributed by atoms with E-state index in [1.807, 2.05) is 6.07 Å². The van der Waals surface area contributed by atoms with Gasteiger partial charge in [0.05, 0.1) is 6.61 Å². The molecule has 0 radical (unpaired) electrons. The Labute approximate surface area is 106 Å². The van der Waals surface area contributed by atoms with Crippen LogP contribution in [0.1, 0.15) is 24.1 Å². The van der Waals surface area contributed by atoms with Crippen LogP contribution in [-0.2, 0) is 17.6 Å². The first-order valence-corrected chi connectivity index (χ1v) is 6.28. The molecule has 5 heteroatoms. The number of aliphatic hydroxyl groups excluding tert-OH is 1. The van der Waals surface area contributed by atoms with Crippen LogP contribution in [0.3, 0.4) is 0 Å². The summed E-state index contributed by atoms with van der Waals surface area (Å²) in [5.41, 5.74) is 2.23. The second-order valence-electron chi connectivity index (χ2n) is 4.30. The molecule has 1 aromatic heterocycles. The van der Waals surface area contributed by atoms with Crippen molar-refractivity contribution < 1.29 is 14.6 Å². The molecule has 18 heavy (non-hydrogen) atoms. The van der Waals surface area contributed by atoms with Gasteiger partial charge in [-0.1, -0.05) is 0 Å². The van der Waals surface area contributed by atoms with E-state index >= 15 is 0 Å². The first kappa shape index (κ1) is 12.8. The number of rotatable bonds is 5. The van der Waals surface area contributed by atoms with Gasteiger partial charge in [0.25, 0.3) is 5.91 Å². The Bertz CT molecular complexity index is 421. The molecule has 5 nitrogen and oxygen atoms in total. The molecule has 1 aromatic rings. The van der Waals surface area contributed by atoms with Crippen LogP contribution in [0.15, 0.2) is 12.3 Å². The molecular formula is C13H18N2O3. The molecule has 1 amide bonds. The van der Waals surface area contributed by atoms with Crippen molar-refractivity contribution >= 4 is 5.91 Å². The van der Waals surface area contributed by atoms with Crippen LogP contribution in [-0.4, -0.2) is 35.8 Å². The molecule has 2 rings (SSSR count). The van der Waals surface area contributed by atoms with Gasteiger partial charge in [-0.25, -0.2) is 0 Å². The maximum absolute atomic E-state index is 11.4. The Hall–Kier alpha value is -1.62. The molecule has 1 aliphatic carbocycles. The van der Waals surface area contributed by atoms with Crippen molar-refractivity contribution in [3.8, 4) is 5.75 Å². The van der Waals surface area contributed by atoms with E-state index in [9.17, 15) is 4.79 Å². The summed E-state index contributed by atoms with van der Waals surface area (Å²) in [6, 6.07) is 1.81. The minimum atomic E-state index is -0.217. The predicted molar refractivity (Wildman–Crippen MR) is 66.5 cm³/mol. The maximum atomic E-state index is 11.4. The highest BCUT2D eigenvalue weighted by atomic mass is 16.5. The van der Waals surface area contributed by atoms with E-state index in [0.717, 1.165) is 36.3 Å². The maximum Gasteiger partial charge on any atom is 0.258 e. The van der Waals surface area contributed by atoms with Crippen molar-refractivity contribution in [2.75, 3.05) is 19.8 Å². The van der Waals surface area contributed by atoms with Crippen LogP contribution in [0.2, 0.25) is 0 Å². The number of aliphatic hydroxyl groups is 1. The summed E-state index contributed by atoms with van der Waals surface area (Å²) in [6.07, 6.45) is 6.00. The molecule has 0 aromatic carbocycles. The van der Waals surface area contributed by atoms with Gasteiger partial charge in [0.2, 0.25) is 0 Å². The smallest absolute Gasteiger partial charge is 0.258 e. The third-order valence-electron chi connectivity index (χ3n) is 2.99. The van der Waals surface area contributed by atoms with Gasteiger partial charge in [-0.3, -0.25) is 9.78 Å². The molecule has 0 saturated carbocycles. The first-order valence-electron chi connectivity index (χ1n) is 6.28. The zero-order chi connectivity index (χ0) is 12.8. The topological polar surface area (TPSA) is 71.5 Å². The van der Waals surface area contributed by atoms with Crippen LogP contribution >= 0.6 is 0 Å². The molecule has 0 bridgehead atoms. The van der Waals surface area contributed by atoms with Gasteiger partial charge >= 0.3 is 0 Å². The molecule has 0 aliphatic heterocycles. The SMILES string of the molecule is O=C(COc1ccnc2c1CCCC2)NCCO. The van der Waals surface area contributed by atoms with Gasteiger partial charge in [-0.05, 0) is 31.7 Å². The molecular weight excluding hydrogens is 232 g/mol. The van der Waals surface area contributed by atoms with Crippen LogP contribution in [0.5, 0.6) is 5.75 Å². The van der Waals surface area contributed by atoms with Crippen molar-refractivity contribution in [3.05, 3.63) is 23.5 Å². The fraction of sp³-hybridized carbons (Fsp3) is 0.538. The largest absolute Gasteiger partial charge is 0.483 e. The lowest BCUT2D eigenvalue weighted by Gasteiger charge is -2.18. The number of carbonyl (C=O) groups is 1. The fourth-order valence-electron chi connectivity index (χ4n) is 2.12. The molecule has 1 aliphatic rings. The van der Waals surface area contributed by atoms with E-state index in [0.29, 0.717) is 0 Å². The van der Waals surface area contributed by atoms with E-state index in [1.54, 1.807) is 6.20 Å². The normalized spacial score (nSPS) is 13.8. The Balaban J connectivity index is 1.95. The van der Waals surface area contributed by atoms with Crippen LogP contribution in [0.4, 0.5) is 0 Å². The van der Waals surface area contributed by atoms with Gasteiger partial charge in [0.15, 0.2) is 6.61 Å². The quantitative estimate of drug-likeness (QED) is 0.796.